The van der Waals surface area contributed by atoms with Crippen molar-refractivity contribution >= 4 is 0 Å². The van der Waals surface area contributed by atoms with Gasteiger partial charge in [0, 0.05) is 18.9 Å². The predicted octanol–water partition coefficient (Wildman–Crippen LogP) is 3.31. The van der Waals surface area contributed by atoms with E-state index in [4.69, 9.17) is 0 Å². The monoisotopic (exact) mass is 177 g/mol. The van der Waals surface area contributed by atoms with E-state index in [9.17, 15) is 0 Å². The maximum Gasteiger partial charge on any atom is 0.0248 e. The molecule has 2 rings (SSSR count). The van der Waals surface area contributed by atoms with Gasteiger partial charge in [-0.2, -0.15) is 0 Å². The molecule has 1 nitrogen and oxygen atoms in total. The summed E-state index contributed by atoms with van der Waals surface area (Å²) >= 11 is 0. The molecule has 0 spiro atoms. The first-order valence-corrected chi connectivity index (χ1v) is 5.45. The Labute approximate surface area is 80.8 Å². The average Bonchev–Trinajstić information content (AvgIpc) is 2.57. The second-order valence-corrected chi connectivity index (χ2v) is 4.52. The Morgan fingerprint density at radius 2 is 2.00 bits per heavy atom. The van der Waals surface area contributed by atoms with Gasteiger partial charge in [0.05, 0.1) is 0 Å². The van der Waals surface area contributed by atoms with Crippen LogP contribution in [0.25, 0.3) is 0 Å². The number of rotatable bonds is 2. The summed E-state index contributed by atoms with van der Waals surface area (Å²) in [6, 6.07) is 4.23. The Morgan fingerprint density at radius 3 is 2.69 bits per heavy atom. The van der Waals surface area contributed by atoms with Gasteiger partial charge < -0.3 is 4.57 Å². The molecule has 0 aliphatic heterocycles. The normalized spacial score (nSPS) is 29.0. The molecule has 72 valence electrons. The van der Waals surface area contributed by atoms with E-state index in [-0.39, 0.29) is 0 Å². The molecule has 0 aromatic carbocycles. The molecule has 2 atom stereocenters. The minimum Gasteiger partial charge on any atom is -0.354 e. The maximum absolute atomic E-state index is 2.39. The van der Waals surface area contributed by atoms with Gasteiger partial charge in [0.25, 0.3) is 0 Å². The molecule has 1 aromatic heterocycles. The van der Waals surface area contributed by atoms with Gasteiger partial charge in [-0.3, -0.25) is 0 Å². The van der Waals surface area contributed by atoms with Crippen molar-refractivity contribution in [2.24, 2.45) is 11.8 Å². The molecular formula is C12H19N. The Bertz CT molecular complexity index is 238. The zero-order valence-corrected chi connectivity index (χ0v) is 8.45. The zero-order chi connectivity index (χ0) is 9.10. The van der Waals surface area contributed by atoms with E-state index in [1.165, 1.54) is 32.2 Å². The van der Waals surface area contributed by atoms with Crippen LogP contribution in [0.4, 0.5) is 0 Å². The summed E-state index contributed by atoms with van der Waals surface area (Å²) in [7, 11) is 0. The van der Waals surface area contributed by atoms with Gasteiger partial charge in [-0.05, 0) is 36.8 Å². The third-order valence-electron chi connectivity index (χ3n) is 3.18. The Balaban J connectivity index is 1.87. The molecule has 1 fully saturated rings. The number of nitrogens with zero attached hydrogens (tertiary/aromatic N) is 1. The van der Waals surface area contributed by atoms with Crippen LogP contribution >= 0.6 is 0 Å². The summed E-state index contributed by atoms with van der Waals surface area (Å²) in [6.07, 6.45) is 10.1. The second kappa shape index (κ2) is 3.99. The lowest BCUT2D eigenvalue weighted by atomic mass is 9.82. The van der Waals surface area contributed by atoms with Crippen molar-refractivity contribution in [2.45, 2.75) is 39.2 Å². The van der Waals surface area contributed by atoms with E-state index >= 15 is 0 Å². The maximum atomic E-state index is 2.39. The number of hydrogen-bond donors (Lipinski definition) is 0. The molecule has 0 N–H and O–H groups in total. The Kier molecular flexibility index (Phi) is 2.72. The molecule has 1 aromatic rings. The quantitative estimate of drug-likeness (QED) is 0.653. The summed E-state index contributed by atoms with van der Waals surface area (Å²) in [6.45, 7) is 3.62. The molecule has 1 aliphatic carbocycles. The second-order valence-electron chi connectivity index (χ2n) is 4.52. The van der Waals surface area contributed by atoms with E-state index < -0.39 is 0 Å². The van der Waals surface area contributed by atoms with E-state index in [1.54, 1.807) is 0 Å². The lowest BCUT2D eigenvalue weighted by Crippen LogP contribution is -2.17. The summed E-state index contributed by atoms with van der Waals surface area (Å²) in [5.41, 5.74) is 0. The van der Waals surface area contributed by atoms with Crippen LogP contribution in [0.5, 0.6) is 0 Å². The summed E-state index contributed by atoms with van der Waals surface area (Å²) < 4.78 is 2.32. The molecule has 0 radical (unpaired) electrons. The molecule has 1 heteroatoms. The van der Waals surface area contributed by atoms with Gasteiger partial charge in [-0.15, -0.1) is 0 Å². The fourth-order valence-corrected chi connectivity index (χ4v) is 2.52. The molecule has 1 aliphatic rings. The van der Waals surface area contributed by atoms with Crippen LogP contribution < -0.4 is 0 Å². The van der Waals surface area contributed by atoms with Crippen molar-refractivity contribution in [3.05, 3.63) is 24.5 Å². The van der Waals surface area contributed by atoms with Gasteiger partial charge in [-0.25, -0.2) is 0 Å². The molecule has 0 saturated heterocycles. The SMILES string of the molecule is CC1CCCC(Cn2cccc2)C1. The fourth-order valence-electron chi connectivity index (χ4n) is 2.52. The highest BCUT2D eigenvalue weighted by Gasteiger charge is 2.18. The van der Waals surface area contributed by atoms with Crippen LogP contribution in [0.2, 0.25) is 0 Å². The van der Waals surface area contributed by atoms with Crippen LogP contribution in [0.15, 0.2) is 24.5 Å². The van der Waals surface area contributed by atoms with Crippen molar-refractivity contribution in [3.8, 4) is 0 Å². The van der Waals surface area contributed by atoms with Crippen molar-refractivity contribution < 1.29 is 0 Å². The first-order valence-electron chi connectivity index (χ1n) is 5.45. The lowest BCUT2D eigenvalue weighted by Gasteiger charge is -2.26. The van der Waals surface area contributed by atoms with Crippen molar-refractivity contribution in [1.29, 1.82) is 0 Å². The average molecular weight is 177 g/mol. The molecule has 1 heterocycles. The van der Waals surface area contributed by atoms with Crippen molar-refractivity contribution in [2.75, 3.05) is 0 Å². The van der Waals surface area contributed by atoms with Gasteiger partial charge in [0.2, 0.25) is 0 Å². The first-order chi connectivity index (χ1) is 6.34. The smallest absolute Gasteiger partial charge is 0.0248 e. The van der Waals surface area contributed by atoms with Gasteiger partial charge in [-0.1, -0.05) is 19.8 Å². The molecule has 2 unspecified atom stereocenters. The van der Waals surface area contributed by atoms with E-state index in [0.717, 1.165) is 11.8 Å². The van der Waals surface area contributed by atoms with Crippen molar-refractivity contribution in [1.82, 2.24) is 4.57 Å². The first kappa shape index (κ1) is 8.86. The number of hydrogen-bond acceptors (Lipinski definition) is 0. The zero-order valence-electron chi connectivity index (χ0n) is 8.45. The predicted molar refractivity (Wildman–Crippen MR) is 55.6 cm³/mol. The third kappa shape index (κ3) is 2.36. The van der Waals surface area contributed by atoms with Gasteiger partial charge in [0.15, 0.2) is 0 Å². The van der Waals surface area contributed by atoms with Gasteiger partial charge >= 0.3 is 0 Å². The molecule has 13 heavy (non-hydrogen) atoms. The largest absolute Gasteiger partial charge is 0.354 e. The molecule has 0 bridgehead atoms. The molecule has 0 amide bonds. The highest BCUT2D eigenvalue weighted by molar-refractivity contribution is 4.91. The Morgan fingerprint density at radius 1 is 1.23 bits per heavy atom. The van der Waals surface area contributed by atoms with Crippen LogP contribution in [-0.2, 0) is 6.54 Å². The molecular weight excluding hydrogens is 158 g/mol. The van der Waals surface area contributed by atoms with E-state index in [2.05, 4.69) is 36.0 Å². The van der Waals surface area contributed by atoms with E-state index in [1.807, 2.05) is 0 Å². The topological polar surface area (TPSA) is 4.93 Å². The third-order valence-corrected chi connectivity index (χ3v) is 3.18. The van der Waals surface area contributed by atoms with Crippen LogP contribution in [0, 0.1) is 11.8 Å². The van der Waals surface area contributed by atoms with Crippen LogP contribution in [-0.4, -0.2) is 4.57 Å². The van der Waals surface area contributed by atoms with Crippen molar-refractivity contribution in [3.63, 3.8) is 0 Å². The number of aromatic nitrogens is 1. The van der Waals surface area contributed by atoms with E-state index in [0.29, 0.717) is 0 Å². The minimum atomic E-state index is 0.927. The standard InChI is InChI=1S/C12H19N/c1-11-5-4-6-12(9-11)10-13-7-2-3-8-13/h2-3,7-8,11-12H,4-6,9-10H2,1H3. The highest BCUT2D eigenvalue weighted by Crippen LogP contribution is 2.29. The minimum absolute atomic E-state index is 0.927. The lowest BCUT2D eigenvalue weighted by molar-refractivity contribution is 0.257. The summed E-state index contributed by atoms with van der Waals surface area (Å²) in [5, 5.41) is 0. The van der Waals surface area contributed by atoms with Crippen LogP contribution in [0.3, 0.4) is 0 Å². The van der Waals surface area contributed by atoms with Crippen LogP contribution in [0.1, 0.15) is 32.6 Å². The summed E-state index contributed by atoms with van der Waals surface area (Å²) in [5.74, 6) is 1.88. The molecule has 1 saturated carbocycles. The Hall–Kier alpha value is -0.720. The fraction of sp³-hybridized carbons (Fsp3) is 0.667. The summed E-state index contributed by atoms with van der Waals surface area (Å²) in [4.78, 5) is 0. The highest BCUT2D eigenvalue weighted by atomic mass is 14.9. The van der Waals surface area contributed by atoms with Gasteiger partial charge in [0.1, 0.15) is 0 Å².